The predicted octanol–water partition coefficient (Wildman–Crippen LogP) is 3.27. The monoisotopic (exact) mass is 339 g/mol. The van der Waals surface area contributed by atoms with E-state index >= 15 is 0 Å². The van der Waals surface area contributed by atoms with Crippen molar-refractivity contribution in [3.63, 3.8) is 0 Å². The molecular formula is C20H25N3O2. The van der Waals surface area contributed by atoms with Gasteiger partial charge in [-0.05, 0) is 30.5 Å². The molecular weight excluding hydrogens is 314 g/mol. The Labute approximate surface area is 149 Å². The number of hydrogen-bond acceptors (Lipinski definition) is 3. The minimum absolute atomic E-state index is 0.124. The summed E-state index contributed by atoms with van der Waals surface area (Å²) in [6, 6.07) is 14.7. The molecule has 0 saturated carbocycles. The molecule has 0 radical (unpaired) electrons. The van der Waals surface area contributed by atoms with Crippen molar-refractivity contribution in [2.24, 2.45) is 0 Å². The molecule has 25 heavy (non-hydrogen) atoms. The van der Waals surface area contributed by atoms with Crippen LogP contribution in [0.4, 0.5) is 0 Å². The fourth-order valence-corrected chi connectivity index (χ4v) is 2.57. The third kappa shape index (κ3) is 5.41. The summed E-state index contributed by atoms with van der Waals surface area (Å²) in [4.78, 5) is 31.0. The molecule has 0 fully saturated rings. The summed E-state index contributed by atoms with van der Waals surface area (Å²) < 4.78 is 0. The van der Waals surface area contributed by atoms with Gasteiger partial charge in [0.25, 0.3) is 11.8 Å². The van der Waals surface area contributed by atoms with Crippen LogP contribution >= 0.6 is 0 Å². The number of rotatable bonds is 8. The number of hydrogen-bond donors (Lipinski definition) is 1. The summed E-state index contributed by atoms with van der Waals surface area (Å²) in [6.07, 6.45) is 1.78. The highest BCUT2D eigenvalue weighted by molar-refractivity contribution is 5.96. The highest BCUT2D eigenvalue weighted by Crippen LogP contribution is 2.07. The van der Waals surface area contributed by atoms with Crippen LogP contribution in [0.2, 0.25) is 0 Å². The molecule has 1 aromatic carbocycles. The van der Waals surface area contributed by atoms with E-state index in [9.17, 15) is 9.59 Å². The largest absolute Gasteiger partial charge is 0.347 e. The van der Waals surface area contributed by atoms with E-state index in [-0.39, 0.29) is 17.5 Å². The Hall–Kier alpha value is -2.69. The minimum Gasteiger partial charge on any atom is -0.347 e. The quantitative estimate of drug-likeness (QED) is 0.803. The van der Waals surface area contributed by atoms with Crippen LogP contribution < -0.4 is 5.32 Å². The Morgan fingerprint density at radius 2 is 1.56 bits per heavy atom. The molecule has 2 amide bonds. The molecule has 5 nitrogen and oxygen atoms in total. The minimum atomic E-state index is -0.281. The van der Waals surface area contributed by atoms with Gasteiger partial charge in [-0.15, -0.1) is 0 Å². The summed E-state index contributed by atoms with van der Waals surface area (Å²) in [6.45, 7) is 5.89. The van der Waals surface area contributed by atoms with Gasteiger partial charge in [0.1, 0.15) is 11.4 Å². The molecule has 1 N–H and O–H groups in total. The van der Waals surface area contributed by atoms with Crippen LogP contribution in [-0.2, 0) is 6.54 Å². The van der Waals surface area contributed by atoms with E-state index < -0.39 is 0 Å². The lowest BCUT2D eigenvalue weighted by Gasteiger charge is -2.21. The van der Waals surface area contributed by atoms with Crippen molar-refractivity contribution in [2.75, 3.05) is 13.1 Å². The topological polar surface area (TPSA) is 62.3 Å². The zero-order valence-corrected chi connectivity index (χ0v) is 14.9. The van der Waals surface area contributed by atoms with Crippen LogP contribution in [0.15, 0.2) is 48.5 Å². The highest BCUT2D eigenvalue weighted by Gasteiger charge is 2.17. The molecule has 132 valence electrons. The van der Waals surface area contributed by atoms with Crippen LogP contribution in [0.1, 0.15) is 53.2 Å². The molecule has 0 aliphatic carbocycles. The first-order chi connectivity index (χ1) is 12.2. The van der Waals surface area contributed by atoms with Gasteiger partial charge in [0.05, 0.1) is 0 Å². The summed E-state index contributed by atoms with van der Waals surface area (Å²) in [7, 11) is 0. The third-order valence-electron chi connectivity index (χ3n) is 3.77. The number of carbonyl (C=O) groups excluding carboxylic acids is 2. The zero-order valence-electron chi connectivity index (χ0n) is 14.9. The van der Waals surface area contributed by atoms with Gasteiger partial charge < -0.3 is 10.2 Å². The number of aromatic nitrogens is 1. The van der Waals surface area contributed by atoms with Crippen molar-refractivity contribution in [1.29, 1.82) is 0 Å². The van der Waals surface area contributed by atoms with E-state index in [0.717, 1.165) is 18.4 Å². The van der Waals surface area contributed by atoms with E-state index in [1.807, 2.05) is 44.2 Å². The average molecular weight is 339 g/mol. The molecule has 2 aromatic rings. The molecule has 0 atom stereocenters. The molecule has 0 unspecified atom stereocenters. The van der Waals surface area contributed by atoms with Crippen LogP contribution in [0.25, 0.3) is 0 Å². The van der Waals surface area contributed by atoms with Gasteiger partial charge in [0, 0.05) is 19.6 Å². The summed E-state index contributed by atoms with van der Waals surface area (Å²) in [5, 5.41) is 2.83. The molecule has 0 saturated heterocycles. The Morgan fingerprint density at radius 1 is 0.920 bits per heavy atom. The Balaban J connectivity index is 2.06. The van der Waals surface area contributed by atoms with Crippen LogP contribution in [0.3, 0.4) is 0 Å². The van der Waals surface area contributed by atoms with Gasteiger partial charge in [0.2, 0.25) is 0 Å². The van der Waals surface area contributed by atoms with Gasteiger partial charge in [-0.1, -0.05) is 50.2 Å². The van der Waals surface area contributed by atoms with E-state index in [0.29, 0.717) is 25.3 Å². The maximum Gasteiger partial charge on any atom is 0.272 e. The van der Waals surface area contributed by atoms with Crippen LogP contribution in [-0.4, -0.2) is 34.8 Å². The van der Waals surface area contributed by atoms with Crippen molar-refractivity contribution in [3.05, 3.63) is 65.5 Å². The van der Waals surface area contributed by atoms with Crippen molar-refractivity contribution in [2.45, 2.75) is 33.2 Å². The summed E-state index contributed by atoms with van der Waals surface area (Å²) in [5.74, 6) is -0.405. The molecule has 0 aliphatic heterocycles. The van der Waals surface area contributed by atoms with Gasteiger partial charge >= 0.3 is 0 Å². The van der Waals surface area contributed by atoms with E-state index in [4.69, 9.17) is 0 Å². The average Bonchev–Trinajstić information content (AvgIpc) is 2.66. The predicted molar refractivity (Wildman–Crippen MR) is 98.3 cm³/mol. The summed E-state index contributed by atoms with van der Waals surface area (Å²) in [5.41, 5.74) is 1.59. The molecule has 0 aliphatic rings. The number of pyridine rings is 1. The van der Waals surface area contributed by atoms with Crippen molar-refractivity contribution >= 4 is 11.8 Å². The Morgan fingerprint density at radius 3 is 2.20 bits per heavy atom. The second-order valence-corrected chi connectivity index (χ2v) is 5.87. The highest BCUT2D eigenvalue weighted by atomic mass is 16.2. The number of carbonyl (C=O) groups is 2. The maximum atomic E-state index is 12.6. The normalized spacial score (nSPS) is 10.3. The Bertz CT molecular complexity index is 695. The first-order valence-corrected chi connectivity index (χ1v) is 8.74. The van der Waals surface area contributed by atoms with E-state index in [2.05, 4.69) is 10.3 Å². The van der Waals surface area contributed by atoms with Gasteiger partial charge in [-0.3, -0.25) is 9.59 Å². The summed E-state index contributed by atoms with van der Waals surface area (Å²) >= 11 is 0. The number of benzene rings is 1. The van der Waals surface area contributed by atoms with Gasteiger partial charge in [0.15, 0.2) is 0 Å². The van der Waals surface area contributed by atoms with E-state index in [1.165, 1.54) is 0 Å². The fraction of sp³-hybridized carbons (Fsp3) is 0.350. The first-order valence-electron chi connectivity index (χ1n) is 8.74. The molecule has 1 aromatic heterocycles. The lowest BCUT2D eigenvalue weighted by molar-refractivity contribution is 0.0749. The van der Waals surface area contributed by atoms with Gasteiger partial charge in [-0.25, -0.2) is 4.98 Å². The SMILES string of the molecule is CCCN(CCC)C(=O)c1cccc(C(=O)NCc2ccccc2)n1. The lowest BCUT2D eigenvalue weighted by Crippen LogP contribution is -2.33. The smallest absolute Gasteiger partial charge is 0.272 e. The van der Waals surface area contributed by atoms with Crippen molar-refractivity contribution < 1.29 is 9.59 Å². The van der Waals surface area contributed by atoms with Crippen molar-refractivity contribution in [1.82, 2.24) is 15.2 Å². The van der Waals surface area contributed by atoms with Gasteiger partial charge in [-0.2, -0.15) is 0 Å². The molecule has 0 bridgehead atoms. The fourth-order valence-electron chi connectivity index (χ4n) is 2.57. The van der Waals surface area contributed by atoms with E-state index in [1.54, 1.807) is 23.1 Å². The number of amides is 2. The van der Waals surface area contributed by atoms with Crippen LogP contribution in [0, 0.1) is 0 Å². The Kier molecular flexibility index (Phi) is 7.14. The second-order valence-electron chi connectivity index (χ2n) is 5.87. The number of nitrogens with one attached hydrogen (secondary N) is 1. The maximum absolute atomic E-state index is 12.6. The van der Waals surface area contributed by atoms with Crippen molar-refractivity contribution in [3.8, 4) is 0 Å². The lowest BCUT2D eigenvalue weighted by atomic mass is 10.2. The molecule has 5 heteroatoms. The zero-order chi connectivity index (χ0) is 18.1. The third-order valence-corrected chi connectivity index (χ3v) is 3.77. The molecule has 1 heterocycles. The first kappa shape index (κ1) is 18.6. The standard InChI is InChI=1S/C20H25N3O2/c1-3-13-23(14-4-2)20(25)18-12-8-11-17(22-18)19(24)21-15-16-9-6-5-7-10-16/h5-12H,3-4,13-15H2,1-2H3,(H,21,24). The second kappa shape index (κ2) is 9.57. The molecule has 2 rings (SSSR count). The molecule has 0 spiro atoms. The number of nitrogens with zero attached hydrogens (tertiary/aromatic N) is 2. The van der Waals surface area contributed by atoms with Crippen LogP contribution in [0.5, 0.6) is 0 Å².